The summed E-state index contributed by atoms with van der Waals surface area (Å²) in [5.41, 5.74) is 1.06. The summed E-state index contributed by atoms with van der Waals surface area (Å²) < 4.78 is 5.08. The third kappa shape index (κ3) is 3.83. The molecule has 0 bridgehead atoms. The molecule has 0 aliphatic carbocycles. The molecule has 0 heterocycles. The van der Waals surface area contributed by atoms with Gasteiger partial charge in [-0.05, 0) is 43.0 Å². The second-order valence-electron chi connectivity index (χ2n) is 4.02. The number of nitrogens with zero attached hydrogens (tertiary/aromatic N) is 1. The first-order valence-electron chi connectivity index (χ1n) is 5.75. The maximum atomic E-state index is 11.7. The zero-order valence-electron chi connectivity index (χ0n) is 10.6. The number of ether oxygens (including phenoxy) is 1. The van der Waals surface area contributed by atoms with E-state index in [1.807, 2.05) is 31.2 Å². The maximum Gasteiger partial charge on any atom is 0.377 e. The molecule has 0 fully saturated rings. The molecule has 0 spiro atoms. The van der Waals surface area contributed by atoms with Crippen molar-refractivity contribution in [2.75, 3.05) is 0 Å². The van der Waals surface area contributed by atoms with Crippen molar-refractivity contribution in [1.29, 1.82) is 0 Å². The molecule has 2 aromatic carbocycles. The van der Waals surface area contributed by atoms with E-state index in [0.717, 1.165) is 22.2 Å². The highest BCUT2D eigenvalue weighted by Crippen LogP contribution is 2.23. The fourth-order valence-electron chi connectivity index (χ4n) is 1.46. The van der Waals surface area contributed by atoms with E-state index in [1.54, 1.807) is 0 Å². The summed E-state index contributed by atoms with van der Waals surface area (Å²) in [6, 6.07) is 12.8. The summed E-state index contributed by atoms with van der Waals surface area (Å²) in [4.78, 5) is 22.5. The molecule has 20 heavy (non-hydrogen) atoms. The summed E-state index contributed by atoms with van der Waals surface area (Å²) in [5, 5.41) is 10.0. The van der Waals surface area contributed by atoms with Crippen molar-refractivity contribution < 1.29 is 14.5 Å². The van der Waals surface area contributed by atoms with E-state index in [0.29, 0.717) is 0 Å². The Labute approximate surface area is 119 Å². The van der Waals surface area contributed by atoms with Crippen LogP contribution in [0.15, 0.2) is 53.4 Å². The van der Waals surface area contributed by atoms with Gasteiger partial charge in [0.25, 0.3) is 5.69 Å². The zero-order valence-corrected chi connectivity index (χ0v) is 11.4. The van der Waals surface area contributed by atoms with E-state index in [9.17, 15) is 14.9 Å². The Morgan fingerprint density at radius 3 is 2.25 bits per heavy atom. The van der Waals surface area contributed by atoms with Crippen LogP contribution in [-0.2, 0) is 0 Å². The number of hydrogen-bond acceptors (Lipinski definition) is 5. The number of rotatable bonds is 3. The van der Waals surface area contributed by atoms with Crippen LogP contribution in [0.3, 0.4) is 0 Å². The summed E-state index contributed by atoms with van der Waals surface area (Å²) in [6.07, 6.45) is 0. The Bertz CT molecular complexity index is 623. The molecule has 6 heteroatoms. The van der Waals surface area contributed by atoms with Crippen molar-refractivity contribution in [3.63, 3.8) is 0 Å². The predicted molar refractivity (Wildman–Crippen MR) is 76.2 cm³/mol. The second kappa shape index (κ2) is 6.21. The van der Waals surface area contributed by atoms with E-state index >= 15 is 0 Å². The van der Waals surface area contributed by atoms with E-state index in [-0.39, 0.29) is 11.4 Å². The molecule has 0 amide bonds. The third-order valence-corrected chi connectivity index (χ3v) is 3.23. The van der Waals surface area contributed by atoms with Crippen LogP contribution in [0.25, 0.3) is 0 Å². The molecule has 5 nitrogen and oxygen atoms in total. The first-order chi connectivity index (χ1) is 9.54. The highest BCUT2D eigenvalue weighted by molar-refractivity contribution is 8.13. The monoisotopic (exact) mass is 289 g/mol. The quantitative estimate of drug-likeness (QED) is 0.366. The lowest BCUT2D eigenvalue weighted by Crippen LogP contribution is -2.00. The number of aryl methyl sites for hydroxylation is 1. The van der Waals surface area contributed by atoms with E-state index < -0.39 is 10.2 Å². The zero-order chi connectivity index (χ0) is 14.5. The van der Waals surface area contributed by atoms with Crippen molar-refractivity contribution in [2.45, 2.75) is 11.8 Å². The van der Waals surface area contributed by atoms with Crippen molar-refractivity contribution in [3.05, 3.63) is 64.2 Å². The van der Waals surface area contributed by atoms with Crippen LogP contribution >= 0.6 is 11.8 Å². The van der Waals surface area contributed by atoms with Crippen LogP contribution in [0.5, 0.6) is 5.75 Å². The number of nitro benzene ring substituents is 1. The molecule has 0 saturated carbocycles. The van der Waals surface area contributed by atoms with Crippen LogP contribution in [0.4, 0.5) is 10.5 Å². The molecule has 0 saturated heterocycles. The molecule has 0 N–H and O–H groups in total. The van der Waals surface area contributed by atoms with Crippen molar-refractivity contribution >= 4 is 22.8 Å². The minimum Gasteiger partial charge on any atom is -0.418 e. The van der Waals surface area contributed by atoms with Crippen molar-refractivity contribution in [2.24, 2.45) is 0 Å². The van der Waals surface area contributed by atoms with Gasteiger partial charge in [-0.25, -0.2) is 4.79 Å². The lowest BCUT2D eigenvalue weighted by molar-refractivity contribution is -0.384. The molecule has 0 aliphatic heterocycles. The number of benzene rings is 2. The van der Waals surface area contributed by atoms with Crippen LogP contribution in [-0.4, -0.2) is 10.2 Å². The van der Waals surface area contributed by atoms with Crippen molar-refractivity contribution in [3.8, 4) is 5.75 Å². The van der Waals surface area contributed by atoms with Gasteiger partial charge in [-0.15, -0.1) is 0 Å². The highest BCUT2D eigenvalue weighted by atomic mass is 32.2. The average Bonchev–Trinajstić information content (AvgIpc) is 2.42. The predicted octanol–water partition coefficient (Wildman–Crippen LogP) is 4.19. The van der Waals surface area contributed by atoms with E-state index in [1.165, 1.54) is 24.3 Å². The summed E-state index contributed by atoms with van der Waals surface area (Å²) >= 11 is 0.963. The number of non-ortho nitro benzene ring substituents is 1. The lowest BCUT2D eigenvalue weighted by atomic mass is 10.2. The fourth-order valence-corrected chi connectivity index (χ4v) is 2.06. The number of carbonyl (C=O) groups excluding carboxylic acids is 1. The van der Waals surface area contributed by atoms with Gasteiger partial charge in [-0.1, -0.05) is 17.7 Å². The Hall–Kier alpha value is -2.34. The molecule has 102 valence electrons. The average molecular weight is 289 g/mol. The van der Waals surface area contributed by atoms with E-state index in [4.69, 9.17) is 4.74 Å². The van der Waals surface area contributed by atoms with Crippen LogP contribution < -0.4 is 4.74 Å². The summed E-state index contributed by atoms with van der Waals surface area (Å²) in [6.45, 7) is 1.96. The summed E-state index contributed by atoms with van der Waals surface area (Å²) in [5.74, 6) is 0.278. The Kier molecular flexibility index (Phi) is 4.37. The van der Waals surface area contributed by atoms with Gasteiger partial charge < -0.3 is 4.74 Å². The van der Waals surface area contributed by atoms with Crippen molar-refractivity contribution in [1.82, 2.24) is 0 Å². The molecular formula is C14H11NO4S. The normalized spacial score (nSPS) is 10.1. The number of carbonyl (C=O) groups is 1. The minimum absolute atomic E-state index is 0.0454. The van der Waals surface area contributed by atoms with Gasteiger partial charge in [0.15, 0.2) is 0 Å². The molecule has 0 unspecified atom stereocenters. The maximum absolute atomic E-state index is 11.7. The molecule has 0 aromatic heterocycles. The SMILES string of the molecule is Cc1ccc(SC(=O)Oc2ccc([N+](=O)[O-])cc2)cc1. The van der Waals surface area contributed by atoms with Gasteiger partial charge in [0.2, 0.25) is 0 Å². The first kappa shape index (κ1) is 14.1. The van der Waals surface area contributed by atoms with Gasteiger partial charge in [-0.2, -0.15) is 0 Å². The topological polar surface area (TPSA) is 69.4 Å². The molecule has 2 aromatic rings. The molecule has 0 radical (unpaired) electrons. The van der Waals surface area contributed by atoms with Gasteiger partial charge >= 0.3 is 5.30 Å². The van der Waals surface area contributed by atoms with Crippen LogP contribution in [0.2, 0.25) is 0 Å². The lowest BCUT2D eigenvalue weighted by Gasteiger charge is -2.03. The highest BCUT2D eigenvalue weighted by Gasteiger charge is 2.09. The van der Waals surface area contributed by atoms with Gasteiger partial charge in [-0.3, -0.25) is 10.1 Å². The largest absolute Gasteiger partial charge is 0.418 e. The van der Waals surface area contributed by atoms with E-state index in [2.05, 4.69) is 0 Å². The Balaban J connectivity index is 1.97. The standard InChI is InChI=1S/C14H11NO4S/c1-10-2-8-13(9-3-10)20-14(16)19-12-6-4-11(5-7-12)15(17)18/h2-9H,1H3. The molecular weight excluding hydrogens is 278 g/mol. The molecule has 0 atom stereocenters. The third-order valence-electron chi connectivity index (χ3n) is 2.47. The minimum atomic E-state index is -0.507. The molecule has 2 rings (SSSR count). The molecule has 0 aliphatic rings. The van der Waals surface area contributed by atoms with Crippen LogP contribution in [0.1, 0.15) is 5.56 Å². The number of nitro groups is 1. The van der Waals surface area contributed by atoms with Crippen LogP contribution in [0, 0.1) is 17.0 Å². The number of thioether (sulfide) groups is 1. The van der Waals surface area contributed by atoms with Gasteiger partial charge in [0, 0.05) is 17.0 Å². The van der Waals surface area contributed by atoms with Gasteiger partial charge in [0.05, 0.1) is 4.92 Å². The van der Waals surface area contributed by atoms with Gasteiger partial charge in [0.1, 0.15) is 5.75 Å². The fraction of sp³-hybridized carbons (Fsp3) is 0.0714. The first-order valence-corrected chi connectivity index (χ1v) is 6.57. The smallest absolute Gasteiger partial charge is 0.377 e. The Morgan fingerprint density at radius 1 is 1.10 bits per heavy atom. The second-order valence-corrected chi connectivity index (χ2v) is 5.03. The summed E-state index contributed by atoms with van der Waals surface area (Å²) in [7, 11) is 0. The number of hydrogen-bond donors (Lipinski definition) is 0. The Morgan fingerprint density at radius 2 is 1.70 bits per heavy atom.